The van der Waals surface area contributed by atoms with Crippen molar-refractivity contribution in [2.75, 3.05) is 45.1 Å². The molecule has 4 fully saturated rings. The molecule has 11 heteroatoms. The Bertz CT molecular complexity index is 1300. The summed E-state index contributed by atoms with van der Waals surface area (Å²) in [5, 5.41) is 2.70. The first-order valence-electron chi connectivity index (χ1n) is 14.1. The van der Waals surface area contributed by atoms with Gasteiger partial charge in [-0.05, 0) is 89.2 Å². The first-order chi connectivity index (χ1) is 18.8. The van der Waals surface area contributed by atoms with E-state index in [0.717, 1.165) is 13.0 Å². The van der Waals surface area contributed by atoms with E-state index in [2.05, 4.69) is 41.3 Å². The highest BCUT2D eigenvalue weighted by Gasteiger charge is 2.68. The number of hydrogen-bond donors (Lipinski definition) is 3. The predicted octanol–water partition coefficient (Wildman–Crippen LogP) is 1.39. The minimum Gasteiger partial charge on any atom is -0.338 e. The molecule has 1 saturated heterocycles. The molecule has 2 heterocycles. The second-order valence-corrected chi connectivity index (χ2v) is 12.7. The van der Waals surface area contributed by atoms with Gasteiger partial charge in [-0.1, -0.05) is 12.1 Å². The number of amides is 3. The standard InChI is InChI=1S/C29H42N8O3/c1-20(34(4)29-16-28(17-29,18-29)19-30)15-21-5-7-22(8-6-21)37-10-9-23(33-26(37)40)32-25(39)36-13-11-35(12-14-36)24(38)27(2,3)31/h5-10,20H,11-19,30-31H2,1-4H3,(H,32,33,39,40). The third kappa shape index (κ3) is 5.25. The molecule has 11 nitrogen and oxygen atoms in total. The van der Waals surface area contributed by atoms with Gasteiger partial charge in [0.25, 0.3) is 0 Å². The lowest BCUT2D eigenvalue weighted by atomic mass is 9.38. The summed E-state index contributed by atoms with van der Waals surface area (Å²) in [4.78, 5) is 47.7. The molecular formula is C29H42N8O3. The number of likely N-dealkylation sites (N-methyl/N-ethyl adjacent to an activating group) is 1. The number of anilines is 1. The predicted molar refractivity (Wildman–Crippen MR) is 154 cm³/mol. The molecule has 3 amide bonds. The van der Waals surface area contributed by atoms with Gasteiger partial charge < -0.3 is 21.3 Å². The van der Waals surface area contributed by atoms with E-state index in [1.54, 1.807) is 35.9 Å². The molecule has 2 bridgehead atoms. The number of nitrogens with zero attached hydrogens (tertiary/aromatic N) is 5. The Labute approximate surface area is 235 Å². The number of carbonyl (C=O) groups is 2. The summed E-state index contributed by atoms with van der Waals surface area (Å²) in [5.41, 5.74) is 13.1. The van der Waals surface area contributed by atoms with Gasteiger partial charge in [-0.15, -0.1) is 0 Å². The number of nitrogens with two attached hydrogens (primary N) is 2. The maximum absolute atomic E-state index is 12.8. The minimum atomic E-state index is -0.946. The summed E-state index contributed by atoms with van der Waals surface area (Å²) < 4.78 is 1.46. The fourth-order valence-corrected chi connectivity index (χ4v) is 6.65. The Kier molecular flexibility index (Phi) is 7.26. The van der Waals surface area contributed by atoms with Crippen LogP contribution in [0.3, 0.4) is 0 Å². The zero-order chi connectivity index (χ0) is 28.9. The lowest BCUT2D eigenvalue weighted by molar-refractivity contribution is -0.215. The Morgan fingerprint density at radius 1 is 1.07 bits per heavy atom. The van der Waals surface area contributed by atoms with Gasteiger partial charge in [-0.25, -0.2) is 9.59 Å². The van der Waals surface area contributed by atoms with Crippen molar-refractivity contribution in [3.63, 3.8) is 0 Å². The van der Waals surface area contributed by atoms with Crippen molar-refractivity contribution in [2.45, 2.75) is 63.6 Å². The van der Waals surface area contributed by atoms with E-state index < -0.39 is 11.2 Å². The Hall–Kier alpha value is -3.28. The van der Waals surface area contributed by atoms with Gasteiger partial charge in [0.05, 0.1) is 11.2 Å². The van der Waals surface area contributed by atoms with Gasteiger partial charge >= 0.3 is 11.7 Å². The normalized spacial score (nSPS) is 24.8. The number of piperazine rings is 1. The number of aromatic nitrogens is 2. The molecule has 1 aromatic heterocycles. The molecule has 1 atom stereocenters. The topological polar surface area (TPSA) is 143 Å². The molecule has 4 aliphatic rings. The fourth-order valence-electron chi connectivity index (χ4n) is 6.65. The van der Waals surface area contributed by atoms with Crippen LogP contribution in [-0.2, 0) is 11.2 Å². The van der Waals surface area contributed by atoms with E-state index >= 15 is 0 Å². The van der Waals surface area contributed by atoms with Gasteiger partial charge in [0.2, 0.25) is 5.91 Å². The van der Waals surface area contributed by atoms with Crippen molar-refractivity contribution in [3.8, 4) is 5.69 Å². The van der Waals surface area contributed by atoms with E-state index in [9.17, 15) is 14.4 Å². The molecule has 1 aromatic carbocycles. The largest absolute Gasteiger partial charge is 0.354 e. The van der Waals surface area contributed by atoms with Crippen LogP contribution in [0.5, 0.6) is 0 Å². The Morgan fingerprint density at radius 2 is 1.68 bits per heavy atom. The van der Waals surface area contributed by atoms with Crippen LogP contribution in [0.1, 0.15) is 45.6 Å². The molecular weight excluding hydrogens is 508 g/mol. The van der Waals surface area contributed by atoms with Crippen LogP contribution in [-0.4, -0.2) is 93.1 Å². The quantitative estimate of drug-likeness (QED) is 0.451. The highest BCUT2D eigenvalue weighted by atomic mass is 16.2. The maximum atomic E-state index is 12.8. The summed E-state index contributed by atoms with van der Waals surface area (Å²) in [5.74, 6) is 0.0460. The van der Waals surface area contributed by atoms with Crippen molar-refractivity contribution in [1.82, 2.24) is 24.3 Å². The monoisotopic (exact) mass is 550 g/mol. The van der Waals surface area contributed by atoms with Gasteiger partial charge in [0, 0.05) is 44.0 Å². The zero-order valence-electron chi connectivity index (χ0n) is 24.0. The average Bonchev–Trinajstić information content (AvgIpc) is 2.87. The van der Waals surface area contributed by atoms with Crippen molar-refractivity contribution in [2.24, 2.45) is 16.9 Å². The molecule has 216 valence electrons. The summed E-state index contributed by atoms with van der Waals surface area (Å²) in [6.45, 7) is 7.98. The average molecular weight is 551 g/mol. The van der Waals surface area contributed by atoms with Gasteiger partial charge in [0.15, 0.2) is 0 Å². The molecule has 2 aromatic rings. The molecule has 5 N–H and O–H groups in total. The number of rotatable bonds is 8. The second-order valence-electron chi connectivity index (χ2n) is 12.7. The molecule has 0 radical (unpaired) electrons. The van der Waals surface area contributed by atoms with Crippen LogP contribution in [0.25, 0.3) is 5.69 Å². The number of urea groups is 1. The van der Waals surface area contributed by atoms with E-state index in [1.807, 2.05) is 12.1 Å². The highest BCUT2D eigenvalue weighted by molar-refractivity contribution is 5.89. The molecule has 0 spiro atoms. The van der Waals surface area contributed by atoms with Crippen molar-refractivity contribution in [1.29, 1.82) is 0 Å². The van der Waals surface area contributed by atoms with E-state index in [-0.39, 0.29) is 17.8 Å². The molecule has 1 aliphatic heterocycles. The maximum Gasteiger partial charge on any atom is 0.354 e. The number of hydrogen-bond acceptors (Lipinski definition) is 7. The van der Waals surface area contributed by atoms with Crippen LogP contribution < -0.4 is 22.5 Å². The SMILES string of the molecule is CC(Cc1ccc(-n2ccc(NC(=O)N3CCN(C(=O)C(C)(C)N)CC3)nc2=O)cc1)N(C)C12CC(CN)(C1)C2. The Balaban J connectivity index is 1.14. The van der Waals surface area contributed by atoms with Crippen LogP contribution >= 0.6 is 0 Å². The van der Waals surface area contributed by atoms with E-state index in [4.69, 9.17) is 11.5 Å². The lowest BCUT2D eigenvalue weighted by Crippen LogP contribution is -2.76. The van der Waals surface area contributed by atoms with Crippen LogP contribution in [0.2, 0.25) is 0 Å². The number of benzene rings is 1. The third-order valence-electron chi connectivity index (χ3n) is 9.14. The zero-order valence-corrected chi connectivity index (χ0v) is 24.0. The summed E-state index contributed by atoms with van der Waals surface area (Å²) >= 11 is 0. The molecule has 40 heavy (non-hydrogen) atoms. The minimum absolute atomic E-state index is 0.140. The molecule has 3 saturated carbocycles. The van der Waals surface area contributed by atoms with Crippen LogP contribution in [0.15, 0.2) is 41.3 Å². The summed E-state index contributed by atoms with van der Waals surface area (Å²) in [7, 11) is 2.23. The highest BCUT2D eigenvalue weighted by Crippen LogP contribution is 2.69. The Morgan fingerprint density at radius 3 is 2.23 bits per heavy atom. The summed E-state index contributed by atoms with van der Waals surface area (Å²) in [6, 6.07) is 9.63. The molecule has 6 rings (SSSR count). The first-order valence-corrected chi connectivity index (χ1v) is 14.1. The second kappa shape index (κ2) is 10.3. The van der Waals surface area contributed by atoms with Gasteiger partial charge in [0.1, 0.15) is 5.82 Å². The van der Waals surface area contributed by atoms with Gasteiger partial charge in [-0.3, -0.25) is 19.6 Å². The van der Waals surface area contributed by atoms with E-state index in [0.29, 0.717) is 48.9 Å². The van der Waals surface area contributed by atoms with Crippen LogP contribution in [0, 0.1) is 5.41 Å². The summed E-state index contributed by atoms with van der Waals surface area (Å²) in [6.07, 6.45) is 6.19. The lowest BCUT2D eigenvalue weighted by Gasteiger charge is -2.74. The van der Waals surface area contributed by atoms with Crippen molar-refractivity contribution in [3.05, 3.63) is 52.6 Å². The first kappa shape index (κ1) is 28.3. The fraction of sp³-hybridized carbons (Fsp3) is 0.586. The molecule has 3 aliphatic carbocycles. The number of carbonyl (C=O) groups excluding carboxylic acids is 2. The van der Waals surface area contributed by atoms with Gasteiger partial charge in [-0.2, -0.15) is 4.98 Å². The van der Waals surface area contributed by atoms with Crippen molar-refractivity contribution >= 4 is 17.8 Å². The molecule has 1 unspecified atom stereocenters. The smallest absolute Gasteiger partial charge is 0.338 e. The van der Waals surface area contributed by atoms with Crippen LogP contribution in [0.4, 0.5) is 10.6 Å². The van der Waals surface area contributed by atoms with E-state index in [1.165, 1.54) is 29.4 Å². The number of nitrogens with one attached hydrogen (secondary N) is 1. The van der Waals surface area contributed by atoms with Crippen molar-refractivity contribution < 1.29 is 9.59 Å². The third-order valence-corrected chi connectivity index (χ3v) is 9.14.